The zero-order valence-electron chi connectivity index (χ0n) is 12.2. The van der Waals surface area contributed by atoms with Crippen LogP contribution in [0.15, 0.2) is 41.0 Å². The number of ether oxygens (including phenoxy) is 1. The van der Waals surface area contributed by atoms with Crippen LogP contribution in [-0.2, 0) is 6.54 Å². The van der Waals surface area contributed by atoms with Crippen molar-refractivity contribution < 1.29 is 14.1 Å². The summed E-state index contributed by atoms with van der Waals surface area (Å²) in [5, 5.41) is 19.2. The van der Waals surface area contributed by atoms with Crippen LogP contribution in [0.1, 0.15) is 5.69 Å². The van der Waals surface area contributed by atoms with Gasteiger partial charge in [0.05, 0.1) is 24.0 Å². The normalized spacial score (nSPS) is 10.7. The van der Waals surface area contributed by atoms with E-state index in [4.69, 9.17) is 14.9 Å². The molecule has 0 radical (unpaired) electrons. The standard InChI is InChI=1S/C14H13N5O4/c1-22-12-5-4-9(7-11(12)19(20)21)18-14(10(8-15)16-17-18)13-3-2-6-23-13/h2-7H,8,15H2,1H3. The van der Waals surface area contributed by atoms with E-state index in [9.17, 15) is 10.1 Å². The van der Waals surface area contributed by atoms with Gasteiger partial charge < -0.3 is 14.9 Å². The number of hydrogen-bond donors (Lipinski definition) is 1. The summed E-state index contributed by atoms with van der Waals surface area (Å²) in [6.07, 6.45) is 1.52. The molecule has 0 aliphatic carbocycles. The first-order valence-corrected chi connectivity index (χ1v) is 6.67. The van der Waals surface area contributed by atoms with Crippen LogP contribution >= 0.6 is 0 Å². The molecule has 0 aliphatic heterocycles. The lowest BCUT2D eigenvalue weighted by atomic mass is 10.2. The Morgan fingerprint density at radius 1 is 1.43 bits per heavy atom. The summed E-state index contributed by atoms with van der Waals surface area (Å²) >= 11 is 0. The molecule has 0 saturated heterocycles. The zero-order valence-corrected chi connectivity index (χ0v) is 12.2. The number of benzene rings is 1. The first-order valence-electron chi connectivity index (χ1n) is 6.67. The van der Waals surface area contributed by atoms with Crippen molar-refractivity contribution in [3.8, 4) is 22.9 Å². The minimum absolute atomic E-state index is 0.161. The Kier molecular flexibility index (Phi) is 3.77. The molecule has 2 heterocycles. The van der Waals surface area contributed by atoms with E-state index in [1.54, 1.807) is 18.2 Å². The second kappa shape index (κ2) is 5.89. The van der Waals surface area contributed by atoms with E-state index in [1.165, 1.54) is 30.2 Å². The van der Waals surface area contributed by atoms with Crippen molar-refractivity contribution in [2.45, 2.75) is 6.54 Å². The molecule has 0 amide bonds. The number of aromatic nitrogens is 3. The number of nitrogens with zero attached hydrogens (tertiary/aromatic N) is 4. The molecule has 23 heavy (non-hydrogen) atoms. The van der Waals surface area contributed by atoms with Gasteiger partial charge in [-0.3, -0.25) is 10.1 Å². The highest BCUT2D eigenvalue weighted by Gasteiger charge is 2.21. The van der Waals surface area contributed by atoms with Gasteiger partial charge in [-0.1, -0.05) is 5.21 Å². The van der Waals surface area contributed by atoms with Crippen LogP contribution in [0.3, 0.4) is 0 Å². The molecule has 0 bridgehead atoms. The summed E-state index contributed by atoms with van der Waals surface area (Å²) in [5.74, 6) is 0.686. The molecule has 0 aliphatic rings. The van der Waals surface area contributed by atoms with Gasteiger partial charge in [-0.25, -0.2) is 4.68 Å². The fourth-order valence-corrected chi connectivity index (χ4v) is 2.24. The molecule has 3 aromatic rings. The molecule has 0 saturated carbocycles. The fraction of sp³-hybridized carbons (Fsp3) is 0.143. The minimum atomic E-state index is -0.518. The second-order valence-corrected chi connectivity index (χ2v) is 4.59. The molecule has 9 nitrogen and oxygen atoms in total. The Hall–Kier alpha value is -3.20. The van der Waals surface area contributed by atoms with E-state index in [1.807, 2.05) is 0 Å². The summed E-state index contributed by atoms with van der Waals surface area (Å²) in [6, 6.07) is 7.98. The van der Waals surface area contributed by atoms with Crippen LogP contribution in [0.4, 0.5) is 5.69 Å². The summed E-state index contributed by atoms with van der Waals surface area (Å²) < 4.78 is 11.8. The number of nitrogens with two attached hydrogens (primary N) is 1. The summed E-state index contributed by atoms with van der Waals surface area (Å²) in [4.78, 5) is 10.7. The minimum Gasteiger partial charge on any atom is -0.490 e. The third kappa shape index (κ3) is 2.53. The van der Waals surface area contributed by atoms with E-state index in [0.29, 0.717) is 22.8 Å². The van der Waals surface area contributed by atoms with Crippen molar-refractivity contribution in [1.29, 1.82) is 0 Å². The maximum atomic E-state index is 11.2. The molecule has 118 valence electrons. The third-order valence-corrected chi connectivity index (χ3v) is 3.29. The highest BCUT2D eigenvalue weighted by atomic mass is 16.6. The van der Waals surface area contributed by atoms with Gasteiger partial charge in [0.15, 0.2) is 11.5 Å². The lowest BCUT2D eigenvalue weighted by Crippen LogP contribution is -2.03. The molecule has 1 aromatic carbocycles. The molecule has 9 heteroatoms. The highest BCUT2D eigenvalue weighted by Crippen LogP contribution is 2.31. The van der Waals surface area contributed by atoms with Crippen molar-refractivity contribution in [3.63, 3.8) is 0 Å². The molecule has 2 N–H and O–H groups in total. The van der Waals surface area contributed by atoms with Gasteiger partial charge >= 0.3 is 5.69 Å². The number of nitro groups is 1. The third-order valence-electron chi connectivity index (χ3n) is 3.29. The number of nitro benzene ring substituents is 1. The fourth-order valence-electron chi connectivity index (χ4n) is 2.24. The van der Waals surface area contributed by atoms with E-state index in [2.05, 4.69) is 10.3 Å². The quantitative estimate of drug-likeness (QED) is 0.563. The van der Waals surface area contributed by atoms with Crippen molar-refractivity contribution in [3.05, 3.63) is 52.4 Å². The van der Waals surface area contributed by atoms with Crippen LogP contribution in [0.5, 0.6) is 5.75 Å². The van der Waals surface area contributed by atoms with Crippen molar-refractivity contribution in [2.24, 2.45) is 5.73 Å². The lowest BCUT2D eigenvalue weighted by Gasteiger charge is -2.07. The predicted octanol–water partition coefficient (Wildman–Crippen LogP) is 1.90. The molecule has 2 aromatic heterocycles. The highest BCUT2D eigenvalue weighted by molar-refractivity contribution is 5.61. The van der Waals surface area contributed by atoms with Gasteiger partial charge in [-0.2, -0.15) is 0 Å². The largest absolute Gasteiger partial charge is 0.490 e. The average Bonchev–Trinajstić information content (AvgIpc) is 3.22. The maximum absolute atomic E-state index is 11.2. The topological polar surface area (TPSA) is 122 Å². The zero-order chi connectivity index (χ0) is 16.4. The van der Waals surface area contributed by atoms with E-state index >= 15 is 0 Å². The summed E-state index contributed by atoms with van der Waals surface area (Å²) in [5.41, 5.74) is 7.05. The Morgan fingerprint density at radius 2 is 2.26 bits per heavy atom. The molecule has 0 atom stereocenters. The van der Waals surface area contributed by atoms with Crippen LogP contribution in [0, 0.1) is 10.1 Å². The molecule has 0 unspecified atom stereocenters. The van der Waals surface area contributed by atoms with Gasteiger partial charge in [-0.15, -0.1) is 5.10 Å². The number of furan rings is 1. The van der Waals surface area contributed by atoms with Crippen LogP contribution in [-0.4, -0.2) is 27.0 Å². The maximum Gasteiger partial charge on any atom is 0.313 e. The number of methoxy groups -OCH3 is 1. The molecular formula is C14H13N5O4. The molecule has 3 rings (SSSR count). The predicted molar refractivity (Wildman–Crippen MR) is 80.2 cm³/mol. The van der Waals surface area contributed by atoms with E-state index < -0.39 is 4.92 Å². The van der Waals surface area contributed by atoms with Gasteiger partial charge in [0, 0.05) is 12.6 Å². The Labute approximate surface area is 130 Å². The number of hydrogen-bond acceptors (Lipinski definition) is 7. The Morgan fingerprint density at radius 3 is 2.87 bits per heavy atom. The van der Waals surface area contributed by atoms with Crippen LogP contribution < -0.4 is 10.5 Å². The molecule has 0 fully saturated rings. The van der Waals surface area contributed by atoms with Gasteiger partial charge in [0.2, 0.25) is 0 Å². The van der Waals surface area contributed by atoms with Crippen molar-refractivity contribution in [2.75, 3.05) is 7.11 Å². The molecular weight excluding hydrogens is 302 g/mol. The summed E-state index contributed by atoms with van der Waals surface area (Å²) in [7, 11) is 1.37. The van der Waals surface area contributed by atoms with Gasteiger partial charge in [-0.05, 0) is 24.3 Å². The first-order chi connectivity index (χ1) is 11.2. The smallest absolute Gasteiger partial charge is 0.313 e. The summed E-state index contributed by atoms with van der Waals surface area (Å²) in [6.45, 7) is 0.161. The monoisotopic (exact) mass is 315 g/mol. The van der Waals surface area contributed by atoms with Crippen molar-refractivity contribution in [1.82, 2.24) is 15.0 Å². The lowest BCUT2D eigenvalue weighted by molar-refractivity contribution is -0.385. The average molecular weight is 315 g/mol. The van der Waals surface area contributed by atoms with Crippen LogP contribution in [0.2, 0.25) is 0 Å². The number of rotatable bonds is 5. The van der Waals surface area contributed by atoms with Gasteiger partial charge in [0.25, 0.3) is 0 Å². The van der Waals surface area contributed by atoms with E-state index in [-0.39, 0.29) is 18.0 Å². The van der Waals surface area contributed by atoms with Gasteiger partial charge in [0.1, 0.15) is 11.4 Å². The Balaban J connectivity index is 2.18. The Bertz CT molecular complexity index is 841. The molecule has 0 spiro atoms. The van der Waals surface area contributed by atoms with E-state index in [0.717, 1.165) is 0 Å². The first kappa shape index (κ1) is 14.7. The SMILES string of the molecule is COc1ccc(-n2nnc(CN)c2-c2ccco2)cc1[N+](=O)[O-]. The second-order valence-electron chi connectivity index (χ2n) is 4.59. The van der Waals surface area contributed by atoms with Crippen LogP contribution in [0.25, 0.3) is 17.1 Å². The van der Waals surface area contributed by atoms with Crippen molar-refractivity contribution >= 4 is 5.69 Å².